The molecule has 0 fully saturated rings. The summed E-state index contributed by atoms with van der Waals surface area (Å²) in [5.74, 6) is 1.87. The summed E-state index contributed by atoms with van der Waals surface area (Å²) in [7, 11) is 0. The van der Waals surface area contributed by atoms with Crippen LogP contribution < -0.4 is 0 Å². The molecule has 0 unspecified atom stereocenters. The Morgan fingerprint density at radius 1 is 0.226 bits per heavy atom. The molecule has 2 aromatic heterocycles. The number of para-hydroxylation sites is 1. The van der Waals surface area contributed by atoms with E-state index in [2.05, 4.69) is 182 Å². The summed E-state index contributed by atoms with van der Waals surface area (Å²) < 4.78 is 0. The van der Waals surface area contributed by atoms with Gasteiger partial charge in [0.2, 0.25) is 0 Å². The predicted octanol–water partition coefficient (Wildman–Crippen LogP) is 14.9. The molecule has 0 amide bonds. The lowest BCUT2D eigenvalue weighted by Gasteiger charge is -2.14. The monoisotopic (exact) mass is 790 g/mol. The highest BCUT2D eigenvalue weighted by Crippen LogP contribution is 2.39. The Kier molecular flexibility index (Phi) is 9.49. The summed E-state index contributed by atoms with van der Waals surface area (Å²) >= 11 is 0. The minimum absolute atomic E-state index is 0.620. The molecule has 290 valence electrons. The first-order valence-corrected chi connectivity index (χ1v) is 20.9. The maximum atomic E-state index is 5.16. The van der Waals surface area contributed by atoms with Gasteiger partial charge >= 0.3 is 0 Å². The number of pyridine rings is 1. The van der Waals surface area contributed by atoms with Crippen LogP contribution in [0.4, 0.5) is 0 Å². The molecule has 0 spiro atoms. The second kappa shape index (κ2) is 16.0. The molecular weight excluding hydrogens is 753 g/mol. The molecule has 11 rings (SSSR count). The highest BCUT2D eigenvalue weighted by atomic mass is 15.0. The molecule has 62 heavy (non-hydrogen) atoms. The van der Waals surface area contributed by atoms with Crippen LogP contribution in [0.1, 0.15) is 0 Å². The van der Waals surface area contributed by atoms with E-state index in [0.29, 0.717) is 17.5 Å². The van der Waals surface area contributed by atoms with Crippen LogP contribution in [0.5, 0.6) is 0 Å². The Labute approximate surface area is 360 Å². The molecule has 4 heteroatoms. The average Bonchev–Trinajstić information content (AvgIpc) is 3.37. The van der Waals surface area contributed by atoms with Crippen LogP contribution in [0.25, 0.3) is 112 Å². The highest BCUT2D eigenvalue weighted by Gasteiger charge is 2.17. The van der Waals surface area contributed by atoms with Crippen molar-refractivity contribution in [1.29, 1.82) is 0 Å². The van der Waals surface area contributed by atoms with Gasteiger partial charge in [0.05, 0.1) is 11.2 Å². The summed E-state index contributed by atoms with van der Waals surface area (Å²) in [5.41, 5.74) is 14.9. The molecule has 0 atom stereocenters. The van der Waals surface area contributed by atoms with Crippen molar-refractivity contribution >= 4 is 21.7 Å². The van der Waals surface area contributed by atoms with Gasteiger partial charge in [-0.05, 0) is 68.8 Å². The Bertz CT molecular complexity index is 3290. The third-order valence-electron chi connectivity index (χ3n) is 11.5. The van der Waals surface area contributed by atoms with Gasteiger partial charge in [-0.25, -0.2) is 19.9 Å². The molecule has 0 radical (unpaired) electrons. The van der Waals surface area contributed by atoms with Crippen molar-refractivity contribution in [3.8, 4) is 89.9 Å². The zero-order chi connectivity index (χ0) is 41.2. The van der Waals surface area contributed by atoms with Gasteiger partial charge in [-0.2, -0.15) is 0 Å². The molecule has 0 bridgehead atoms. The normalized spacial score (nSPS) is 11.2. The third kappa shape index (κ3) is 7.10. The SMILES string of the molecule is c1ccc(-c2cc(-c3ccccc3)cc(-c3nc(-c4ccccc4)nc(-c4ccc(-c5ccc(-c6cccc7c(-c8ccccc8)nc8ccccc8c67)cc5)cc4)n3)c2)cc1. The molecule has 0 saturated carbocycles. The number of rotatable bonds is 8. The van der Waals surface area contributed by atoms with Crippen molar-refractivity contribution in [1.82, 2.24) is 19.9 Å². The lowest BCUT2D eigenvalue weighted by atomic mass is 9.92. The minimum Gasteiger partial charge on any atom is -0.247 e. The zero-order valence-electron chi connectivity index (χ0n) is 33.7. The fraction of sp³-hybridized carbons (Fsp3) is 0. The summed E-state index contributed by atoms with van der Waals surface area (Å²) in [4.78, 5) is 20.5. The van der Waals surface area contributed by atoms with Crippen LogP contribution in [0.15, 0.2) is 231 Å². The first kappa shape index (κ1) is 36.7. The summed E-state index contributed by atoms with van der Waals surface area (Å²) in [6.45, 7) is 0. The van der Waals surface area contributed by atoms with Crippen molar-refractivity contribution in [3.05, 3.63) is 231 Å². The summed E-state index contributed by atoms with van der Waals surface area (Å²) in [6.07, 6.45) is 0. The number of benzene rings is 9. The van der Waals surface area contributed by atoms with E-state index in [0.717, 1.165) is 83.2 Å². The van der Waals surface area contributed by atoms with Gasteiger partial charge in [0.1, 0.15) is 0 Å². The summed E-state index contributed by atoms with van der Waals surface area (Å²) in [5, 5.41) is 3.50. The van der Waals surface area contributed by atoms with Crippen molar-refractivity contribution < 1.29 is 0 Å². The maximum Gasteiger partial charge on any atom is 0.164 e. The quantitative estimate of drug-likeness (QED) is 0.144. The van der Waals surface area contributed by atoms with Gasteiger partial charge in [-0.15, -0.1) is 0 Å². The second-order valence-electron chi connectivity index (χ2n) is 15.4. The highest BCUT2D eigenvalue weighted by molar-refractivity contribution is 6.17. The van der Waals surface area contributed by atoms with Gasteiger partial charge in [0.15, 0.2) is 17.5 Å². The molecule has 0 aliphatic carbocycles. The second-order valence-corrected chi connectivity index (χ2v) is 15.4. The molecule has 0 saturated heterocycles. The fourth-order valence-electron chi connectivity index (χ4n) is 8.42. The lowest BCUT2D eigenvalue weighted by Crippen LogP contribution is -2.00. The van der Waals surface area contributed by atoms with Gasteiger partial charge in [-0.1, -0.05) is 206 Å². The van der Waals surface area contributed by atoms with E-state index in [1.165, 1.54) is 10.9 Å². The van der Waals surface area contributed by atoms with E-state index in [1.807, 2.05) is 48.5 Å². The van der Waals surface area contributed by atoms with E-state index in [-0.39, 0.29) is 0 Å². The number of hydrogen-bond donors (Lipinski definition) is 0. The minimum atomic E-state index is 0.620. The Balaban J connectivity index is 0.966. The molecule has 4 nitrogen and oxygen atoms in total. The zero-order valence-corrected chi connectivity index (χ0v) is 33.7. The number of nitrogens with zero attached hydrogens (tertiary/aromatic N) is 4. The molecule has 0 N–H and O–H groups in total. The first-order chi connectivity index (χ1) is 30.7. The predicted molar refractivity (Wildman–Crippen MR) is 256 cm³/mol. The number of aromatic nitrogens is 4. The van der Waals surface area contributed by atoms with Crippen LogP contribution in [0.2, 0.25) is 0 Å². The first-order valence-electron chi connectivity index (χ1n) is 20.9. The van der Waals surface area contributed by atoms with Gasteiger partial charge in [0, 0.05) is 38.4 Å². The van der Waals surface area contributed by atoms with Gasteiger partial charge in [0.25, 0.3) is 0 Å². The smallest absolute Gasteiger partial charge is 0.164 e. The van der Waals surface area contributed by atoms with E-state index in [1.54, 1.807) is 0 Å². The Hall–Kier alpha value is -8.34. The molecular formula is C58H38N4. The van der Waals surface area contributed by atoms with Gasteiger partial charge in [-0.3, -0.25) is 0 Å². The molecule has 9 aromatic carbocycles. The van der Waals surface area contributed by atoms with Crippen LogP contribution >= 0.6 is 0 Å². The Morgan fingerprint density at radius 2 is 0.613 bits per heavy atom. The van der Waals surface area contributed by atoms with Crippen LogP contribution in [-0.2, 0) is 0 Å². The van der Waals surface area contributed by atoms with Crippen LogP contribution in [0.3, 0.4) is 0 Å². The average molecular weight is 791 g/mol. The summed E-state index contributed by atoms with van der Waals surface area (Å²) in [6, 6.07) is 80.6. The largest absolute Gasteiger partial charge is 0.247 e. The fourth-order valence-corrected chi connectivity index (χ4v) is 8.42. The number of fused-ring (bicyclic) bond motifs is 3. The Morgan fingerprint density at radius 3 is 1.18 bits per heavy atom. The topological polar surface area (TPSA) is 51.6 Å². The van der Waals surface area contributed by atoms with E-state index in [4.69, 9.17) is 19.9 Å². The van der Waals surface area contributed by atoms with Gasteiger partial charge < -0.3 is 0 Å². The lowest BCUT2D eigenvalue weighted by molar-refractivity contribution is 1.07. The maximum absolute atomic E-state index is 5.16. The van der Waals surface area contributed by atoms with Crippen molar-refractivity contribution in [3.63, 3.8) is 0 Å². The van der Waals surface area contributed by atoms with Crippen molar-refractivity contribution in [2.24, 2.45) is 0 Å². The standard InChI is InChI=1S/C58H38N4/c1-5-16-39(17-6-1)47-36-48(40-18-7-2-8-19-40)38-49(37-47)58-61-56(45-22-11-4-12-23-45)60-57(62-58)46-34-30-42(31-35-46)41-28-32-43(33-29-41)50-25-15-26-52-54(50)51-24-13-14-27-53(51)59-55(52)44-20-9-3-10-21-44/h1-38H. The van der Waals surface area contributed by atoms with Crippen LogP contribution in [0, 0.1) is 0 Å². The molecule has 2 heterocycles. The van der Waals surface area contributed by atoms with E-state index < -0.39 is 0 Å². The number of hydrogen-bond acceptors (Lipinski definition) is 4. The molecule has 0 aliphatic heterocycles. The van der Waals surface area contributed by atoms with E-state index >= 15 is 0 Å². The molecule has 11 aromatic rings. The van der Waals surface area contributed by atoms with E-state index in [9.17, 15) is 0 Å². The molecule has 0 aliphatic rings. The third-order valence-corrected chi connectivity index (χ3v) is 11.5. The van der Waals surface area contributed by atoms with Crippen LogP contribution in [-0.4, -0.2) is 19.9 Å². The van der Waals surface area contributed by atoms with Crippen molar-refractivity contribution in [2.45, 2.75) is 0 Å². The van der Waals surface area contributed by atoms with Crippen molar-refractivity contribution in [2.75, 3.05) is 0 Å².